The van der Waals surface area contributed by atoms with Gasteiger partial charge >= 0.3 is 0 Å². The van der Waals surface area contributed by atoms with Crippen molar-refractivity contribution in [3.63, 3.8) is 0 Å². The van der Waals surface area contributed by atoms with Gasteiger partial charge in [0.15, 0.2) is 23.8 Å². The molecule has 1 saturated heterocycles. The molecule has 4 heteroatoms. The van der Waals surface area contributed by atoms with Crippen LogP contribution in [-0.4, -0.2) is 30.9 Å². The quantitative estimate of drug-likeness (QED) is 0.565. The molecule has 0 amide bonds. The van der Waals surface area contributed by atoms with Crippen LogP contribution in [-0.2, 0) is 9.53 Å². The Morgan fingerprint density at radius 2 is 1.81 bits per heavy atom. The number of carbonyl (C=O) groups is 2. The van der Waals surface area contributed by atoms with E-state index in [4.69, 9.17) is 9.47 Å². The number of rotatable bonds is 4. The molecule has 1 aliphatic heterocycles. The van der Waals surface area contributed by atoms with E-state index in [2.05, 4.69) is 0 Å². The van der Waals surface area contributed by atoms with Gasteiger partial charge in [0.05, 0.1) is 7.11 Å². The second kappa shape index (κ2) is 4.06. The molecule has 1 fully saturated rings. The lowest BCUT2D eigenvalue weighted by Gasteiger charge is -2.00. The smallest absolute Gasteiger partial charge is 0.194 e. The molecular formula is C12H12O4. The van der Waals surface area contributed by atoms with Crippen LogP contribution in [0.25, 0.3) is 0 Å². The molecule has 0 N–H and O–H groups in total. The maximum Gasteiger partial charge on any atom is 0.194 e. The summed E-state index contributed by atoms with van der Waals surface area (Å²) in [6.07, 6.45) is -1.14. The fraction of sp³-hybridized carbons (Fsp3) is 0.333. The highest BCUT2D eigenvalue weighted by atomic mass is 16.6. The van der Waals surface area contributed by atoms with Crippen molar-refractivity contribution in [1.29, 1.82) is 0 Å². The minimum atomic E-state index is -0.592. The van der Waals surface area contributed by atoms with Gasteiger partial charge in [-0.1, -0.05) is 0 Å². The average Bonchev–Trinajstić information content (AvgIpc) is 3.08. The molecule has 84 valence electrons. The third kappa shape index (κ3) is 1.97. The Morgan fingerprint density at radius 1 is 1.19 bits per heavy atom. The first-order chi connectivity index (χ1) is 7.63. The number of epoxide rings is 1. The predicted molar refractivity (Wildman–Crippen MR) is 56.7 cm³/mol. The fourth-order valence-corrected chi connectivity index (χ4v) is 1.54. The van der Waals surface area contributed by atoms with E-state index in [1.807, 2.05) is 0 Å². The van der Waals surface area contributed by atoms with E-state index in [1.54, 1.807) is 31.4 Å². The van der Waals surface area contributed by atoms with Crippen molar-refractivity contribution in [2.24, 2.45) is 0 Å². The number of ketones is 2. The Morgan fingerprint density at radius 3 is 2.25 bits per heavy atom. The van der Waals surface area contributed by atoms with Gasteiger partial charge in [-0.15, -0.1) is 0 Å². The van der Waals surface area contributed by atoms with Crippen molar-refractivity contribution < 1.29 is 19.1 Å². The molecule has 0 saturated carbocycles. The lowest BCUT2D eigenvalue weighted by atomic mass is 10.1. The summed E-state index contributed by atoms with van der Waals surface area (Å²) in [5.74, 6) is 0.436. The van der Waals surface area contributed by atoms with Crippen molar-refractivity contribution in [3.05, 3.63) is 29.8 Å². The molecule has 0 spiro atoms. The van der Waals surface area contributed by atoms with Crippen LogP contribution in [0.15, 0.2) is 24.3 Å². The van der Waals surface area contributed by atoms with Crippen molar-refractivity contribution in [3.8, 4) is 5.75 Å². The van der Waals surface area contributed by atoms with Crippen molar-refractivity contribution in [1.82, 2.24) is 0 Å². The van der Waals surface area contributed by atoms with Crippen LogP contribution in [0.3, 0.4) is 0 Å². The van der Waals surface area contributed by atoms with Crippen LogP contribution in [0.4, 0.5) is 0 Å². The molecule has 0 radical (unpaired) electrons. The van der Waals surface area contributed by atoms with Crippen LogP contribution < -0.4 is 4.74 Å². The van der Waals surface area contributed by atoms with E-state index in [0.717, 1.165) is 0 Å². The SMILES string of the molecule is COc1ccc(C(=O)C2OC2C(C)=O)cc1. The Labute approximate surface area is 93.2 Å². The third-order valence-corrected chi connectivity index (χ3v) is 2.53. The maximum atomic E-state index is 11.8. The second-order valence-corrected chi connectivity index (χ2v) is 3.68. The zero-order valence-corrected chi connectivity index (χ0v) is 9.10. The lowest BCUT2D eigenvalue weighted by molar-refractivity contribution is -0.118. The van der Waals surface area contributed by atoms with Gasteiger partial charge in [0, 0.05) is 5.56 Å². The highest BCUT2D eigenvalue weighted by molar-refractivity contribution is 6.05. The van der Waals surface area contributed by atoms with E-state index in [1.165, 1.54) is 6.92 Å². The van der Waals surface area contributed by atoms with Gasteiger partial charge in [0.25, 0.3) is 0 Å². The topological polar surface area (TPSA) is 55.9 Å². The lowest BCUT2D eigenvalue weighted by Crippen LogP contribution is -2.14. The second-order valence-electron chi connectivity index (χ2n) is 3.68. The molecule has 2 atom stereocenters. The van der Waals surface area contributed by atoms with Crippen LogP contribution >= 0.6 is 0 Å². The summed E-state index contributed by atoms with van der Waals surface area (Å²) in [4.78, 5) is 22.8. The monoisotopic (exact) mass is 220 g/mol. The first-order valence-corrected chi connectivity index (χ1v) is 4.97. The first-order valence-electron chi connectivity index (χ1n) is 4.97. The van der Waals surface area contributed by atoms with Crippen molar-refractivity contribution >= 4 is 11.6 Å². The molecule has 16 heavy (non-hydrogen) atoms. The largest absolute Gasteiger partial charge is 0.497 e. The average molecular weight is 220 g/mol. The summed E-state index contributed by atoms with van der Waals surface area (Å²) in [6.45, 7) is 1.42. The van der Waals surface area contributed by atoms with Gasteiger partial charge in [-0.25, -0.2) is 0 Å². The first kappa shape index (κ1) is 10.8. The summed E-state index contributed by atoms with van der Waals surface area (Å²) >= 11 is 0. The molecule has 4 nitrogen and oxygen atoms in total. The number of hydrogen-bond donors (Lipinski definition) is 0. The highest BCUT2D eigenvalue weighted by Crippen LogP contribution is 2.27. The van der Waals surface area contributed by atoms with Crippen molar-refractivity contribution in [2.45, 2.75) is 19.1 Å². The summed E-state index contributed by atoms with van der Waals surface area (Å²) in [7, 11) is 1.56. The van der Waals surface area contributed by atoms with E-state index in [0.29, 0.717) is 11.3 Å². The molecule has 2 rings (SSSR count). The number of carbonyl (C=O) groups excluding carboxylic acids is 2. The van der Waals surface area contributed by atoms with Crippen LogP contribution in [0.2, 0.25) is 0 Å². The molecule has 1 heterocycles. The Bertz CT molecular complexity index is 421. The number of ether oxygens (including phenoxy) is 2. The van der Waals surface area contributed by atoms with Gasteiger partial charge in [-0.3, -0.25) is 9.59 Å². The number of methoxy groups -OCH3 is 1. The van der Waals surface area contributed by atoms with Crippen molar-refractivity contribution in [2.75, 3.05) is 7.11 Å². The van der Waals surface area contributed by atoms with E-state index in [9.17, 15) is 9.59 Å². The summed E-state index contributed by atoms with van der Waals surface area (Å²) in [6, 6.07) is 6.75. The number of Topliss-reactive ketones (excluding diaryl/α,β-unsaturated/α-hetero) is 2. The molecule has 2 unspecified atom stereocenters. The Kier molecular flexibility index (Phi) is 2.75. The maximum absolute atomic E-state index is 11.8. The zero-order chi connectivity index (χ0) is 11.7. The standard InChI is InChI=1S/C12H12O4/c1-7(13)11-12(16-11)10(14)8-3-5-9(15-2)6-4-8/h3-6,11-12H,1-2H3. The molecule has 1 aliphatic rings. The predicted octanol–water partition coefficient (Wildman–Crippen LogP) is 1.23. The highest BCUT2D eigenvalue weighted by Gasteiger charge is 2.48. The Balaban J connectivity index is 2.08. The van der Waals surface area contributed by atoms with Crippen LogP contribution in [0, 0.1) is 0 Å². The minimum absolute atomic E-state index is 0.105. The molecule has 0 aromatic heterocycles. The van der Waals surface area contributed by atoms with Gasteiger partial charge in [-0.2, -0.15) is 0 Å². The number of hydrogen-bond acceptors (Lipinski definition) is 4. The van der Waals surface area contributed by atoms with Gasteiger partial charge in [-0.05, 0) is 31.2 Å². The minimum Gasteiger partial charge on any atom is -0.497 e. The van der Waals surface area contributed by atoms with Gasteiger partial charge in [0.2, 0.25) is 0 Å². The van der Waals surface area contributed by atoms with Gasteiger partial charge < -0.3 is 9.47 Å². The number of benzene rings is 1. The zero-order valence-electron chi connectivity index (χ0n) is 9.10. The molecule has 1 aromatic carbocycles. The normalized spacial score (nSPS) is 22.6. The Hall–Kier alpha value is -1.68. The molecule has 1 aromatic rings. The van der Waals surface area contributed by atoms with Gasteiger partial charge in [0.1, 0.15) is 5.75 Å². The summed E-state index contributed by atoms with van der Waals surface area (Å²) in [5, 5.41) is 0. The van der Waals surface area contributed by atoms with E-state index >= 15 is 0 Å². The summed E-state index contributed by atoms with van der Waals surface area (Å²) in [5.41, 5.74) is 0.537. The molecule has 0 bridgehead atoms. The summed E-state index contributed by atoms with van der Waals surface area (Å²) < 4.78 is 10.0. The van der Waals surface area contributed by atoms with E-state index in [-0.39, 0.29) is 11.6 Å². The van der Waals surface area contributed by atoms with Crippen LogP contribution in [0.1, 0.15) is 17.3 Å². The fourth-order valence-electron chi connectivity index (χ4n) is 1.54. The third-order valence-electron chi connectivity index (χ3n) is 2.53. The van der Waals surface area contributed by atoms with Crippen LogP contribution in [0.5, 0.6) is 5.75 Å². The van der Waals surface area contributed by atoms with E-state index < -0.39 is 12.2 Å². The molecular weight excluding hydrogens is 208 g/mol. The molecule has 0 aliphatic carbocycles.